The number of aromatic carboxylic acids is 1. The van der Waals surface area contributed by atoms with Crippen LogP contribution in [0.15, 0.2) is 109 Å². The highest BCUT2D eigenvalue weighted by atomic mass is 32.1. The van der Waals surface area contributed by atoms with Crippen LogP contribution >= 0.6 is 12.2 Å². The van der Waals surface area contributed by atoms with Gasteiger partial charge in [0.05, 0.1) is 23.3 Å². The fourth-order valence-corrected chi connectivity index (χ4v) is 5.86. The van der Waals surface area contributed by atoms with Crippen LogP contribution < -0.4 is 15.0 Å². The quantitative estimate of drug-likeness (QED) is 0.205. The Kier molecular flexibility index (Phi) is 6.99. The molecule has 8 heteroatoms. The molecule has 0 radical (unpaired) electrons. The second kappa shape index (κ2) is 10.9. The molecule has 0 amide bonds. The number of hydrogen-bond acceptors (Lipinski definition) is 4. The number of carbonyl (C=O) groups is 1. The van der Waals surface area contributed by atoms with E-state index in [0.29, 0.717) is 5.11 Å². The number of aryl methyl sites for hydroxylation is 1. The molecule has 0 bridgehead atoms. The number of hydrogen-bond donors (Lipinski definition) is 2. The summed E-state index contributed by atoms with van der Waals surface area (Å²) in [4.78, 5) is 18.5. The molecular formula is C33H28N4O3S. The van der Waals surface area contributed by atoms with Crippen molar-refractivity contribution >= 4 is 29.0 Å². The molecule has 2 atom stereocenters. The number of pyridine rings is 1. The van der Waals surface area contributed by atoms with E-state index in [1.165, 1.54) is 0 Å². The van der Waals surface area contributed by atoms with Crippen molar-refractivity contribution in [2.45, 2.75) is 25.9 Å². The second-order valence-corrected chi connectivity index (χ2v) is 10.3. The average Bonchev–Trinajstić information content (AvgIpc) is 3.49. The zero-order valence-electron chi connectivity index (χ0n) is 22.6. The average molecular weight is 561 g/mol. The molecule has 41 heavy (non-hydrogen) atoms. The van der Waals surface area contributed by atoms with Crippen LogP contribution in [0.4, 0.5) is 5.69 Å². The first-order chi connectivity index (χ1) is 19.9. The minimum atomic E-state index is -0.957. The molecule has 0 aliphatic carbocycles. The molecule has 1 saturated heterocycles. The summed E-state index contributed by atoms with van der Waals surface area (Å²) < 4.78 is 8.11. The van der Waals surface area contributed by atoms with Crippen molar-refractivity contribution in [1.29, 1.82) is 0 Å². The first kappa shape index (κ1) is 26.3. The molecule has 0 spiro atoms. The number of ether oxygens (including phenoxy) is 1. The Labute approximate surface area is 243 Å². The summed E-state index contributed by atoms with van der Waals surface area (Å²) in [6.07, 6.45) is 1.79. The number of aromatic nitrogens is 2. The third kappa shape index (κ3) is 5.05. The van der Waals surface area contributed by atoms with E-state index < -0.39 is 5.97 Å². The van der Waals surface area contributed by atoms with Crippen LogP contribution in [-0.4, -0.2) is 25.7 Å². The van der Waals surface area contributed by atoms with Crippen LogP contribution in [0.25, 0.3) is 5.69 Å². The first-order valence-electron chi connectivity index (χ1n) is 13.3. The Balaban J connectivity index is 1.42. The van der Waals surface area contributed by atoms with E-state index in [9.17, 15) is 9.90 Å². The van der Waals surface area contributed by atoms with Crippen molar-refractivity contribution in [2.75, 3.05) is 4.90 Å². The van der Waals surface area contributed by atoms with E-state index in [-0.39, 0.29) is 17.6 Å². The summed E-state index contributed by atoms with van der Waals surface area (Å²) in [5.74, 6) is 0.541. The minimum absolute atomic E-state index is 0.205. The summed E-state index contributed by atoms with van der Waals surface area (Å²) in [5, 5.41) is 13.7. The molecule has 0 unspecified atom stereocenters. The standard InChI is InChI=1S/C33H28N4O3S/c1-21-19-28(22(2)36(21)25-10-8-9-23(20-25)32(38)39)31-30(29-13-6-7-18-34-29)35-33(41)37(31)24-14-16-27(17-15-24)40-26-11-4-3-5-12-26/h3-20,30-31H,1-2H3,(H,35,41)(H,38,39)/t30-,31-/m1/s1. The molecule has 3 aromatic carbocycles. The lowest BCUT2D eigenvalue weighted by molar-refractivity contribution is 0.0697. The molecule has 7 nitrogen and oxygen atoms in total. The van der Waals surface area contributed by atoms with E-state index in [0.717, 1.165) is 45.5 Å². The fraction of sp³-hybridized carbons (Fsp3) is 0.121. The van der Waals surface area contributed by atoms with Gasteiger partial charge >= 0.3 is 5.97 Å². The normalized spacial score (nSPS) is 16.4. The van der Waals surface area contributed by atoms with Gasteiger partial charge in [-0.2, -0.15) is 0 Å². The predicted molar refractivity (Wildman–Crippen MR) is 163 cm³/mol. The molecular weight excluding hydrogens is 532 g/mol. The molecule has 1 aliphatic heterocycles. The lowest BCUT2D eigenvalue weighted by Crippen LogP contribution is -2.29. The van der Waals surface area contributed by atoms with Crippen molar-refractivity contribution in [3.63, 3.8) is 0 Å². The topological polar surface area (TPSA) is 79.6 Å². The third-order valence-electron chi connectivity index (χ3n) is 7.33. The number of rotatable bonds is 7. The SMILES string of the molecule is Cc1cc([C@@H]2[C@@H](c3ccccn3)NC(=S)N2c2ccc(Oc3ccccc3)cc2)c(C)n1-c1cccc(C(=O)O)c1. The summed E-state index contributed by atoms with van der Waals surface area (Å²) in [6, 6.07) is 32.2. The maximum absolute atomic E-state index is 11.7. The Morgan fingerprint density at radius 1 is 0.878 bits per heavy atom. The summed E-state index contributed by atoms with van der Waals surface area (Å²) in [7, 11) is 0. The number of nitrogens with zero attached hydrogens (tertiary/aromatic N) is 3. The summed E-state index contributed by atoms with van der Waals surface area (Å²) in [5.41, 5.74) is 5.89. The van der Waals surface area contributed by atoms with Crippen LogP contribution in [0.2, 0.25) is 0 Å². The van der Waals surface area contributed by atoms with Gasteiger partial charge in [-0.25, -0.2) is 4.79 Å². The van der Waals surface area contributed by atoms with E-state index >= 15 is 0 Å². The van der Waals surface area contributed by atoms with Gasteiger partial charge in [0, 0.05) is 29.0 Å². The number of anilines is 1. The van der Waals surface area contributed by atoms with Gasteiger partial charge in [-0.05, 0) is 104 Å². The van der Waals surface area contributed by atoms with Gasteiger partial charge in [0.2, 0.25) is 0 Å². The van der Waals surface area contributed by atoms with Gasteiger partial charge in [-0.3, -0.25) is 4.98 Å². The van der Waals surface area contributed by atoms with Crippen LogP contribution in [0.1, 0.15) is 45.1 Å². The number of para-hydroxylation sites is 1. The summed E-state index contributed by atoms with van der Waals surface area (Å²) in [6.45, 7) is 4.09. The molecule has 2 N–H and O–H groups in total. The van der Waals surface area contributed by atoms with Gasteiger partial charge in [-0.15, -0.1) is 0 Å². The van der Waals surface area contributed by atoms with E-state index in [1.54, 1.807) is 24.4 Å². The molecule has 5 aromatic rings. The van der Waals surface area contributed by atoms with Gasteiger partial charge in [0.25, 0.3) is 0 Å². The second-order valence-electron chi connectivity index (χ2n) is 9.92. The summed E-state index contributed by atoms with van der Waals surface area (Å²) >= 11 is 5.92. The Morgan fingerprint density at radius 2 is 1.61 bits per heavy atom. The molecule has 2 aromatic heterocycles. The Morgan fingerprint density at radius 3 is 2.32 bits per heavy atom. The maximum Gasteiger partial charge on any atom is 0.335 e. The van der Waals surface area contributed by atoms with Crippen LogP contribution in [0, 0.1) is 13.8 Å². The van der Waals surface area contributed by atoms with E-state index in [4.69, 9.17) is 17.0 Å². The smallest absolute Gasteiger partial charge is 0.335 e. The maximum atomic E-state index is 11.7. The number of nitrogens with one attached hydrogen (secondary N) is 1. The monoisotopic (exact) mass is 560 g/mol. The molecule has 6 rings (SSSR count). The predicted octanol–water partition coefficient (Wildman–Crippen LogP) is 7.16. The van der Waals surface area contributed by atoms with Gasteiger partial charge in [0.15, 0.2) is 5.11 Å². The van der Waals surface area contributed by atoms with Crippen LogP contribution in [0.5, 0.6) is 11.5 Å². The van der Waals surface area contributed by atoms with Crippen LogP contribution in [0.3, 0.4) is 0 Å². The van der Waals surface area contributed by atoms with Crippen molar-refractivity contribution in [2.24, 2.45) is 0 Å². The molecule has 1 aliphatic rings. The van der Waals surface area contributed by atoms with Crippen LogP contribution in [-0.2, 0) is 0 Å². The largest absolute Gasteiger partial charge is 0.478 e. The Hall–Kier alpha value is -4.95. The van der Waals surface area contributed by atoms with Gasteiger partial charge in [-0.1, -0.05) is 30.3 Å². The van der Waals surface area contributed by atoms with Crippen molar-refractivity contribution < 1.29 is 14.6 Å². The highest BCUT2D eigenvalue weighted by molar-refractivity contribution is 7.80. The van der Waals surface area contributed by atoms with Crippen molar-refractivity contribution in [3.05, 3.63) is 138 Å². The van der Waals surface area contributed by atoms with E-state index in [2.05, 4.69) is 32.8 Å². The van der Waals surface area contributed by atoms with Gasteiger partial charge in [0.1, 0.15) is 11.5 Å². The molecule has 1 fully saturated rings. The molecule has 204 valence electrons. The van der Waals surface area contributed by atoms with E-state index in [1.807, 2.05) is 85.8 Å². The zero-order valence-corrected chi connectivity index (χ0v) is 23.4. The lowest BCUT2D eigenvalue weighted by atomic mass is 9.96. The molecule has 3 heterocycles. The highest BCUT2D eigenvalue weighted by Crippen LogP contribution is 2.44. The number of carboxylic acids is 1. The number of benzene rings is 3. The number of carboxylic acid groups (broad SMARTS) is 1. The van der Waals surface area contributed by atoms with Crippen molar-refractivity contribution in [1.82, 2.24) is 14.9 Å². The lowest BCUT2D eigenvalue weighted by Gasteiger charge is -2.28. The fourth-order valence-electron chi connectivity index (χ4n) is 5.51. The number of thiocarbonyl (C=S) groups is 1. The van der Waals surface area contributed by atoms with Crippen molar-refractivity contribution in [3.8, 4) is 17.2 Å². The van der Waals surface area contributed by atoms with Gasteiger partial charge < -0.3 is 24.6 Å². The molecule has 0 saturated carbocycles. The minimum Gasteiger partial charge on any atom is -0.478 e. The zero-order chi connectivity index (χ0) is 28.5. The first-order valence-corrected chi connectivity index (χ1v) is 13.7. The highest BCUT2D eigenvalue weighted by Gasteiger charge is 2.42. The third-order valence-corrected chi connectivity index (χ3v) is 7.65. The Bertz CT molecular complexity index is 1720.